The summed E-state index contributed by atoms with van der Waals surface area (Å²) in [7, 11) is 0. The molecule has 0 radical (unpaired) electrons. The molecule has 1 amide bonds. The zero-order valence-electron chi connectivity index (χ0n) is 16.7. The van der Waals surface area contributed by atoms with Gasteiger partial charge in [-0.25, -0.2) is 9.37 Å². The lowest BCUT2D eigenvalue weighted by Gasteiger charge is -2.10. The average molecular weight is 436 g/mol. The molecular formula is C23H19ClFN5O. The number of nitrogens with two attached hydrogens (primary N) is 1. The van der Waals surface area contributed by atoms with E-state index in [1.165, 1.54) is 18.3 Å². The Morgan fingerprint density at radius 1 is 1.13 bits per heavy atom. The van der Waals surface area contributed by atoms with Crippen molar-refractivity contribution in [3.05, 3.63) is 93.8 Å². The monoisotopic (exact) mass is 435 g/mol. The maximum atomic E-state index is 14.1. The minimum Gasteiger partial charge on any atom is -0.384 e. The molecule has 0 fully saturated rings. The van der Waals surface area contributed by atoms with Crippen LogP contribution in [0.2, 0.25) is 5.02 Å². The van der Waals surface area contributed by atoms with Crippen LogP contribution in [0.3, 0.4) is 0 Å². The van der Waals surface area contributed by atoms with Gasteiger partial charge in [-0.3, -0.25) is 14.8 Å². The highest BCUT2D eigenvalue weighted by Gasteiger charge is 2.12. The van der Waals surface area contributed by atoms with E-state index >= 15 is 0 Å². The third kappa shape index (κ3) is 4.78. The molecule has 0 bridgehead atoms. The normalized spacial score (nSPS) is 10.9. The number of aromatic nitrogens is 3. The number of nitrogens with one attached hydrogen (secondary N) is 1. The Labute approximate surface area is 183 Å². The van der Waals surface area contributed by atoms with Crippen LogP contribution < -0.4 is 11.1 Å². The van der Waals surface area contributed by atoms with Gasteiger partial charge in [-0.05, 0) is 54.4 Å². The van der Waals surface area contributed by atoms with E-state index in [1.807, 2.05) is 13.0 Å². The van der Waals surface area contributed by atoms with Gasteiger partial charge in [-0.15, -0.1) is 0 Å². The van der Waals surface area contributed by atoms with Crippen LogP contribution in [0.15, 0.2) is 54.9 Å². The fourth-order valence-electron chi connectivity index (χ4n) is 3.38. The van der Waals surface area contributed by atoms with E-state index in [9.17, 15) is 9.18 Å². The van der Waals surface area contributed by atoms with Crippen molar-refractivity contribution in [2.24, 2.45) is 0 Å². The Balaban J connectivity index is 1.53. The van der Waals surface area contributed by atoms with Gasteiger partial charge in [0.05, 0.1) is 10.5 Å². The quantitative estimate of drug-likeness (QED) is 0.489. The molecule has 0 spiro atoms. The molecule has 1 aromatic carbocycles. The van der Waals surface area contributed by atoms with Crippen LogP contribution in [0.25, 0.3) is 10.9 Å². The molecule has 8 heteroatoms. The Kier molecular flexibility index (Phi) is 5.77. The fourth-order valence-corrected chi connectivity index (χ4v) is 3.54. The van der Waals surface area contributed by atoms with Crippen LogP contribution in [0.1, 0.15) is 32.9 Å². The number of carbonyl (C=O) groups excluding carboxylic acids is 1. The van der Waals surface area contributed by atoms with E-state index in [0.29, 0.717) is 51.5 Å². The standard InChI is InChI=1S/C23H19ClFN5O/c1-13-15(2-3-21(26)30-13)11-29-23(31)14-4-5-27-20(9-14)10-17-8-19(25)7-16-6-18(24)12-28-22(16)17/h2-9,12H,10-11H2,1H3,(H2,26,30)(H,29,31). The van der Waals surface area contributed by atoms with Crippen molar-refractivity contribution in [2.45, 2.75) is 19.9 Å². The summed E-state index contributed by atoms with van der Waals surface area (Å²) in [6.45, 7) is 2.17. The first-order valence-electron chi connectivity index (χ1n) is 9.58. The smallest absolute Gasteiger partial charge is 0.251 e. The summed E-state index contributed by atoms with van der Waals surface area (Å²) in [4.78, 5) is 25.5. The van der Waals surface area contributed by atoms with Crippen molar-refractivity contribution in [3.8, 4) is 0 Å². The lowest BCUT2D eigenvalue weighted by Crippen LogP contribution is -2.23. The molecule has 3 heterocycles. The summed E-state index contributed by atoms with van der Waals surface area (Å²) < 4.78 is 14.1. The van der Waals surface area contributed by atoms with Gasteiger partial charge in [0.25, 0.3) is 5.91 Å². The number of anilines is 1. The molecule has 0 atom stereocenters. The lowest BCUT2D eigenvalue weighted by atomic mass is 10.0. The summed E-state index contributed by atoms with van der Waals surface area (Å²) in [5.41, 5.74) is 9.71. The predicted octanol–water partition coefficient (Wildman–Crippen LogP) is 4.23. The molecule has 0 unspecified atom stereocenters. The van der Waals surface area contributed by atoms with E-state index in [1.54, 1.807) is 30.5 Å². The first kappa shape index (κ1) is 20.7. The Bertz CT molecular complexity index is 1290. The molecule has 0 saturated heterocycles. The maximum Gasteiger partial charge on any atom is 0.251 e. The van der Waals surface area contributed by atoms with Gasteiger partial charge in [0.2, 0.25) is 0 Å². The fraction of sp³-hybridized carbons (Fsp3) is 0.130. The van der Waals surface area contributed by atoms with E-state index in [4.69, 9.17) is 17.3 Å². The Morgan fingerprint density at radius 3 is 2.77 bits per heavy atom. The summed E-state index contributed by atoms with van der Waals surface area (Å²) in [6, 6.07) is 11.3. The van der Waals surface area contributed by atoms with Crippen molar-refractivity contribution >= 4 is 34.2 Å². The van der Waals surface area contributed by atoms with Crippen LogP contribution in [0.5, 0.6) is 0 Å². The topological polar surface area (TPSA) is 93.8 Å². The van der Waals surface area contributed by atoms with Gasteiger partial charge in [-0.1, -0.05) is 17.7 Å². The minimum atomic E-state index is -0.382. The number of halogens is 2. The van der Waals surface area contributed by atoms with Crippen molar-refractivity contribution in [3.63, 3.8) is 0 Å². The molecule has 31 heavy (non-hydrogen) atoms. The number of aryl methyl sites for hydroxylation is 1. The van der Waals surface area contributed by atoms with Crippen molar-refractivity contribution in [2.75, 3.05) is 5.73 Å². The lowest BCUT2D eigenvalue weighted by molar-refractivity contribution is 0.0950. The van der Waals surface area contributed by atoms with Crippen LogP contribution in [-0.2, 0) is 13.0 Å². The third-order valence-corrected chi connectivity index (χ3v) is 5.11. The largest absolute Gasteiger partial charge is 0.384 e. The number of nitrogens with zero attached hydrogens (tertiary/aromatic N) is 3. The maximum absolute atomic E-state index is 14.1. The van der Waals surface area contributed by atoms with Crippen molar-refractivity contribution < 1.29 is 9.18 Å². The van der Waals surface area contributed by atoms with Crippen LogP contribution >= 0.6 is 11.6 Å². The zero-order chi connectivity index (χ0) is 22.0. The molecule has 0 aliphatic heterocycles. The summed E-state index contributed by atoms with van der Waals surface area (Å²) >= 11 is 5.98. The molecule has 0 saturated carbocycles. The van der Waals surface area contributed by atoms with Gasteiger partial charge < -0.3 is 11.1 Å². The van der Waals surface area contributed by atoms with E-state index < -0.39 is 0 Å². The summed E-state index contributed by atoms with van der Waals surface area (Å²) in [6.07, 6.45) is 3.41. The second-order valence-electron chi connectivity index (χ2n) is 7.17. The molecule has 0 aliphatic carbocycles. The molecule has 4 rings (SSSR count). The molecule has 3 N–H and O–H groups in total. The molecular weight excluding hydrogens is 417 g/mol. The first-order valence-corrected chi connectivity index (χ1v) is 9.95. The number of nitrogen functional groups attached to an aromatic ring is 1. The second kappa shape index (κ2) is 8.65. The number of benzene rings is 1. The zero-order valence-corrected chi connectivity index (χ0v) is 17.4. The van der Waals surface area contributed by atoms with Crippen molar-refractivity contribution in [1.82, 2.24) is 20.3 Å². The van der Waals surface area contributed by atoms with Crippen LogP contribution in [-0.4, -0.2) is 20.9 Å². The third-order valence-electron chi connectivity index (χ3n) is 4.90. The number of rotatable bonds is 5. The highest BCUT2D eigenvalue weighted by molar-refractivity contribution is 6.31. The number of hydrogen-bond acceptors (Lipinski definition) is 5. The average Bonchev–Trinajstić information content (AvgIpc) is 2.72. The molecule has 4 aromatic rings. The number of fused-ring (bicyclic) bond motifs is 1. The SMILES string of the molecule is Cc1nc(N)ccc1CNC(=O)c1ccnc(Cc2cc(F)cc3cc(Cl)cnc23)c1. The highest BCUT2D eigenvalue weighted by Crippen LogP contribution is 2.23. The van der Waals surface area contributed by atoms with Gasteiger partial charge in [0.1, 0.15) is 11.6 Å². The molecule has 6 nitrogen and oxygen atoms in total. The van der Waals surface area contributed by atoms with Gasteiger partial charge in [0, 0.05) is 47.7 Å². The van der Waals surface area contributed by atoms with Gasteiger partial charge in [-0.2, -0.15) is 0 Å². The number of pyridine rings is 3. The first-order chi connectivity index (χ1) is 14.9. The Morgan fingerprint density at radius 2 is 1.97 bits per heavy atom. The molecule has 0 aliphatic rings. The van der Waals surface area contributed by atoms with Crippen LogP contribution in [0.4, 0.5) is 10.2 Å². The summed E-state index contributed by atoms with van der Waals surface area (Å²) in [5, 5.41) is 3.93. The van der Waals surface area contributed by atoms with E-state index in [0.717, 1.165) is 11.3 Å². The summed E-state index contributed by atoms with van der Waals surface area (Å²) in [5.74, 6) is -0.185. The number of hydrogen-bond donors (Lipinski definition) is 2. The second-order valence-corrected chi connectivity index (χ2v) is 7.60. The van der Waals surface area contributed by atoms with E-state index in [-0.39, 0.29) is 11.7 Å². The highest BCUT2D eigenvalue weighted by atomic mass is 35.5. The minimum absolute atomic E-state index is 0.242. The van der Waals surface area contributed by atoms with Crippen LogP contribution in [0, 0.1) is 12.7 Å². The van der Waals surface area contributed by atoms with Crippen molar-refractivity contribution in [1.29, 1.82) is 0 Å². The molecule has 156 valence electrons. The number of carbonyl (C=O) groups is 1. The Hall–Kier alpha value is -3.58. The number of amides is 1. The predicted molar refractivity (Wildman–Crippen MR) is 118 cm³/mol. The molecule has 3 aromatic heterocycles. The van der Waals surface area contributed by atoms with Gasteiger partial charge >= 0.3 is 0 Å². The van der Waals surface area contributed by atoms with E-state index in [2.05, 4.69) is 20.3 Å². The van der Waals surface area contributed by atoms with Gasteiger partial charge in [0.15, 0.2) is 0 Å².